The van der Waals surface area contributed by atoms with E-state index in [1.807, 2.05) is 6.08 Å². The fourth-order valence-corrected chi connectivity index (χ4v) is 0.443. The molecule has 0 amide bonds. The van der Waals surface area contributed by atoms with Crippen molar-refractivity contribution in [2.24, 2.45) is 5.92 Å². The van der Waals surface area contributed by atoms with Gasteiger partial charge in [-0.25, -0.2) is 0 Å². The highest BCUT2D eigenvalue weighted by molar-refractivity contribution is 4.83. The van der Waals surface area contributed by atoms with Crippen molar-refractivity contribution in [2.45, 2.75) is 20.3 Å². The minimum atomic E-state index is 0.267. The van der Waals surface area contributed by atoms with Gasteiger partial charge in [0.2, 0.25) is 0 Å². The monoisotopic (exact) mass is 114 g/mol. The van der Waals surface area contributed by atoms with Crippen LogP contribution >= 0.6 is 0 Å². The summed E-state index contributed by atoms with van der Waals surface area (Å²) in [4.78, 5) is 0. The van der Waals surface area contributed by atoms with Crippen molar-refractivity contribution in [3.05, 3.63) is 12.2 Å². The summed E-state index contributed by atoms with van der Waals surface area (Å²) < 4.78 is 0. The first kappa shape index (κ1) is 7.70. The number of hydrogen-bond acceptors (Lipinski definition) is 1. The molecule has 0 radical (unpaired) electrons. The summed E-state index contributed by atoms with van der Waals surface area (Å²) in [5.74, 6) is 0.613. The molecular formula is C7H14O. The van der Waals surface area contributed by atoms with E-state index < -0.39 is 0 Å². The molecule has 0 atom stereocenters. The lowest BCUT2D eigenvalue weighted by molar-refractivity contribution is 0.302. The lowest BCUT2D eigenvalue weighted by atomic mass is 10.2. The zero-order valence-electron chi connectivity index (χ0n) is 5.59. The van der Waals surface area contributed by atoms with Gasteiger partial charge in [0, 0.05) is 6.61 Å². The van der Waals surface area contributed by atoms with Crippen LogP contribution in [-0.2, 0) is 0 Å². The second kappa shape index (κ2) is 4.85. The fraction of sp³-hybridized carbons (Fsp3) is 0.714. The van der Waals surface area contributed by atoms with Gasteiger partial charge in [0.1, 0.15) is 0 Å². The third kappa shape index (κ3) is 5.70. The Labute approximate surface area is 51.0 Å². The Kier molecular flexibility index (Phi) is 4.67. The van der Waals surface area contributed by atoms with Crippen molar-refractivity contribution in [1.29, 1.82) is 0 Å². The minimum absolute atomic E-state index is 0.267. The molecule has 0 aromatic heterocycles. The minimum Gasteiger partial charge on any atom is -0.396 e. The van der Waals surface area contributed by atoms with E-state index in [-0.39, 0.29) is 6.61 Å². The zero-order chi connectivity index (χ0) is 6.41. The van der Waals surface area contributed by atoms with Crippen LogP contribution in [0.4, 0.5) is 0 Å². The molecule has 8 heavy (non-hydrogen) atoms. The average Bonchev–Trinajstić information content (AvgIpc) is 1.66. The molecule has 0 aliphatic rings. The first-order valence-electron chi connectivity index (χ1n) is 3.05. The predicted octanol–water partition coefficient (Wildman–Crippen LogP) is 1.58. The summed E-state index contributed by atoms with van der Waals surface area (Å²) in [6.45, 7) is 4.50. The molecule has 1 nitrogen and oxygen atoms in total. The van der Waals surface area contributed by atoms with Crippen LogP contribution in [0.2, 0.25) is 0 Å². The molecule has 0 bridgehead atoms. The molecule has 0 saturated carbocycles. The molecule has 0 spiro atoms. The van der Waals surface area contributed by atoms with Crippen LogP contribution in [0.15, 0.2) is 12.2 Å². The van der Waals surface area contributed by atoms with Gasteiger partial charge in [0.25, 0.3) is 0 Å². The number of aliphatic hydroxyl groups excluding tert-OH is 1. The smallest absolute Gasteiger partial charge is 0.0465 e. The molecule has 0 heterocycles. The lowest BCUT2D eigenvalue weighted by Gasteiger charge is -1.90. The van der Waals surface area contributed by atoms with E-state index in [1.54, 1.807) is 0 Å². The van der Waals surface area contributed by atoms with E-state index in [2.05, 4.69) is 19.9 Å². The third-order valence-electron chi connectivity index (χ3n) is 0.817. The summed E-state index contributed by atoms with van der Waals surface area (Å²) in [5, 5.41) is 8.33. The van der Waals surface area contributed by atoms with Gasteiger partial charge in [-0.05, 0) is 12.3 Å². The van der Waals surface area contributed by atoms with Crippen molar-refractivity contribution in [1.82, 2.24) is 0 Å². The van der Waals surface area contributed by atoms with E-state index in [0.717, 1.165) is 6.42 Å². The van der Waals surface area contributed by atoms with E-state index in [1.165, 1.54) is 0 Å². The van der Waals surface area contributed by atoms with Crippen LogP contribution in [0, 0.1) is 5.92 Å². The molecular weight excluding hydrogens is 100 g/mol. The number of hydrogen-bond donors (Lipinski definition) is 1. The second-order valence-corrected chi connectivity index (χ2v) is 2.18. The maximum absolute atomic E-state index is 8.33. The maximum atomic E-state index is 8.33. The van der Waals surface area contributed by atoms with Crippen molar-refractivity contribution in [3.8, 4) is 0 Å². The van der Waals surface area contributed by atoms with Crippen LogP contribution < -0.4 is 0 Å². The van der Waals surface area contributed by atoms with Gasteiger partial charge in [0.05, 0.1) is 0 Å². The van der Waals surface area contributed by atoms with Gasteiger partial charge in [-0.3, -0.25) is 0 Å². The van der Waals surface area contributed by atoms with E-state index in [4.69, 9.17) is 5.11 Å². The van der Waals surface area contributed by atoms with E-state index in [0.29, 0.717) is 5.92 Å². The first-order chi connectivity index (χ1) is 3.77. The first-order valence-corrected chi connectivity index (χ1v) is 3.05. The Balaban J connectivity index is 3.07. The molecule has 0 aromatic rings. The van der Waals surface area contributed by atoms with Gasteiger partial charge >= 0.3 is 0 Å². The van der Waals surface area contributed by atoms with Crippen LogP contribution in [0.1, 0.15) is 20.3 Å². The third-order valence-corrected chi connectivity index (χ3v) is 0.817. The molecule has 48 valence electrons. The summed E-state index contributed by atoms with van der Waals surface area (Å²) in [6.07, 6.45) is 4.89. The maximum Gasteiger partial charge on any atom is 0.0465 e. The van der Waals surface area contributed by atoms with E-state index >= 15 is 0 Å². The Hall–Kier alpha value is -0.300. The molecule has 0 aliphatic carbocycles. The quantitative estimate of drug-likeness (QED) is 0.552. The molecule has 1 N–H and O–H groups in total. The Bertz CT molecular complexity index is 64.8. The van der Waals surface area contributed by atoms with Crippen LogP contribution in [-0.4, -0.2) is 11.7 Å². The van der Waals surface area contributed by atoms with Crippen LogP contribution in [0.3, 0.4) is 0 Å². The summed E-state index contributed by atoms with van der Waals surface area (Å²) in [7, 11) is 0. The Morgan fingerprint density at radius 2 is 2.12 bits per heavy atom. The molecule has 0 aliphatic heterocycles. The zero-order valence-corrected chi connectivity index (χ0v) is 5.59. The molecule has 1 heteroatoms. The highest BCUT2D eigenvalue weighted by atomic mass is 16.2. The SMILES string of the molecule is CC(C)/C=C/CCO. The van der Waals surface area contributed by atoms with Gasteiger partial charge in [0.15, 0.2) is 0 Å². The highest BCUT2D eigenvalue weighted by Crippen LogP contribution is 1.93. The summed E-state index contributed by atoms with van der Waals surface area (Å²) >= 11 is 0. The van der Waals surface area contributed by atoms with Gasteiger partial charge in [-0.15, -0.1) is 0 Å². The summed E-state index contributed by atoms with van der Waals surface area (Å²) in [5.41, 5.74) is 0. The molecule has 0 aromatic carbocycles. The molecule has 0 unspecified atom stereocenters. The van der Waals surface area contributed by atoms with E-state index in [9.17, 15) is 0 Å². The molecule has 0 rings (SSSR count). The normalized spacial score (nSPS) is 11.5. The Morgan fingerprint density at radius 1 is 1.50 bits per heavy atom. The topological polar surface area (TPSA) is 20.2 Å². The predicted molar refractivity (Wildman–Crippen MR) is 35.7 cm³/mol. The van der Waals surface area contributed by atoms with Crippen LogP contribution in [0.5, 0.6) is 0 Å². The largest absolute Gasteiger partial charge is 0.396 e. The fourth-order valence-electron chi connectivity index (χ4n) is 0.443. The van der Waals surface area contributed by atoms with Crippen LogP contribution in [0.25, 0.3) is 0 Å². The number of aliphatic hydroxyl groups is 1. The lowest BCUT2D eigenvalue weighted by Crippen LogP contribution is -1.79. The Morgan fingerprint density at radius 3 is 2.50 bits per heavy atom. The standard InChI is InChI=1S/C7H14O/c1-7(2)5-3-4-6-8/h3,5,7-8H,4,6H2,1-2H3/b5-3+. The number of rotatable bonds is 3. The number of allylic oxidation sites excluding steroid dienone is 1. The van der Waals surface area contributed by atoms with Crippen molar-refractivity contribution in [3.63, 3.8) is 0 Å². The van der Waals surface area contributed by atoms with Gasteiger partial charge < -0.3 is 5.11 Å². The average molecular weight is 114 g/mol. The van der Waals surface area contributed by atoms with Crippen molar-refractivity contribution >= 4 is 0 Å². The second-order valence-electron chi connectivity index (χ2n) is 2.18. The van der Waals surface area contributed by atoms with Crippen molar-refractivity contribution in [2.75, 3.05) is 6.61 Å². The van der Waals surface area contributed by atoms with Crippen molar-refractivity contribution < 1.29 is 5.11 Å². The molecule has 0 fully saturated rings. The summed E-state index contributed by atoms with van der Waals surface area (Å²) in [6, 6.07) is 0. The van der Waals surface area contributed by atoms with Gasteiger partial charge in [-0.2, -0.15) is 0 Å². The highest BCUT2D eigenvalue weighted by Gasteiger charge is 1.80. The van der Waals surface area contributed by atoms with Gasteiger partial charge in [-0.1, -0.05) is 26.0 Å². The molecule has 0 saturated heterocycles.